The molecule has 1 saturated heterocycles. The fourth-order valence-corrected chi connectivity index (χ4v) is 2.79. The van der Waals surface area contributed by atoms with Crippen molar-refractivity contribution in [2.75, 3.05) is 13.1 Å². The summed E-state index contributed by atoms with van der Waals surface area (Å²) in [6, 6.07) is 5.87. The molecule has 4 rings (SSSR count). The second kappa shape index (κ2) is 4.96. The van der Waals surface area contributed by atoms with E-state index in [4.69, 9.17) is 9.05 Å². The average Bonchev–Trinajstić information content (AvgIpc) is 3.15. The lowest BCUT2D eigenvalue weighted by Gasteiger charge is -2.18. The summed E-state index contributed by atoms with van der Waals surface area (Å²) in [5, 5.41) is 12.4. The maximum atomic E-state index is 5.44. The second-order valence-corrected chi connectivity index (χ2v) is 5.46. The van der Waals surface area contributed by atoms with E-state index < -0.39 is 0 Å². The number of nitrogens with one attached hydrogen (secondary N) is 1. The lowest BCUT2D eigenvalue weighted by atomic mass is 9.98. The molecule has 1 fully saturated rings. The molecule has 1 aromatic carbocycles. The predicted molar refractivity (Wildman–Crippen MR) is 76.9 cm³/mol. The summed E-state index contributed by atoms with van der Waals surface area (Å²) in [4.78, 5) is 4.55. The highest BCUT2D eigenvalue weighted by atomic mass is 16.5. The Balaban J connectivity index is 1.66. The molecule has 2 aromatic heterocycles. The van der Waals surface area contributed by atoms with Crippen molar-refractivity contribution < 1.29 is 9.05 Å². The van der Waals surface area contributed by atoms with E-state index >= 15 is 0 Å². The summed E-state index contributed by atoms with van der Waals surface area (Å²) < 4.78 is 10.7. The van der Waals surface area contributed by atoms with Gasteiger partial charge in [-0.25, -0.2) is 0 Å². The molecular formula is C15H16N4O2. The number of nitrogens with zero attached hydrogens (tertiary/aromatic N) is 3. The quantitative estimate of drug-likeness (QED) is 0.779. The highest BCUT2D eigenvalue weighted by Gasteiger charge is 2.22. The molecule has 0 atom stereocenters. The van der Waals surface area contributed by atoms with E-state index in [0.29, 0.717) is 11.7 Å². The molecule has 21 heavy (non-hydrogen) atoms. The van der Waals surface area contributed by atoms with Crippen molar-refractivity contribution in [2.45, 2.75) is 25.7 Å². The number of aryl methyl sites for hydroxylation is 1. The van der Waals surface area contributed by atoms with Gasteiger partial charge >= 0.3 is 0 Å². The third-order valence-corrected chi connectivity index (χ3v) is 4.04. The summed E-state index contributed by atoms with van der Waals surface area (Å²) in [6.07, 6.45) is 2.09. The van der Waals surface area contributed by atoms with Gasteiger partial charge in [0.25, 0.3) is 0 Å². The van der Waals surface area contributed by atoms with Crippen molar-refractivity contribution in [3.05, 3.63) is 29.8 Å². The Morgan fingerprint density at radius 1 is 1.14 bits per heavy atom. The van der Waals surface area contributed by atoms with Crippen LogP contribution in [0, 0.1) is 6.92 Å². The lowest BCUT2D eigenvalue weighted by Crippen LogP contribution is -2.26. The first kappa shape index (κ1) is 12.5. The van der Waals surface area contributed by atoms with Crippen LogP contribution in [0.3, 0.4) is 0 Å². The molecule has 6 nitrogen and oxygen atoms in total. The smallest absolute Gasteiger partial charge is 0.230 e. The van der Waals surface area contributed by atoms with Crippen molar-refractivity contribution in [1.82, 2.24) is 20.6 Å². The molecule has 0 saturated carbocycles. The van der Waals surface area contributed by atoms with Gasteiger partial charge in [0.05, 0.1) is 5.69 Å². The number of aromatic nitrogens is 3. The first-order chi connectivity index (χ1) is 10.3. The van der Waals surface area contributed by atoms with Gasteiger partial charge in [-0.15, -0.1) is 0 Å². The maximum Gasteiger partial charge on any atom is 0.230 e. The molecule has 0 bridgehead atoms. The van der Waals surface area contributed by atoms with Crippen molar-refractivity contribution in [2.24, 2.45) is 0 Å². The molecule has 0 unspecified atom stereocenters. The Morgan fingerprint density at radius 2 is 2.00 bits per heavy atom. The Morgan fingerprint density at radius 3 is 2.86 bits per heavy atom. The highest BCUT2D eigenvalue weighted by molar-refractivity contribution is 5.83. The molecule has 0 amide bonds. The van der Waals surface area contributed by atoms with Crippen molar-refractivity contribution in [1.29, 1.82) is 0 Å². The minimum atomic E-state index is 0.365. The van der Waals surface area contributed by atoms with Crippen LogP contribution in [0.25, 0.3) is 22.4 Å². The Labute approximate surface area is 121 Å². The maximum absolute atomic E-state index is 5.44. The zero-order chi connectivity index (χ0) is 14.2. The monoisotopic (exact) mass is 284 g/mol. The molecule has 0 radical (unpaired) electrons. The SMILES string of the molecule is Cc1noc2cc(-c3noc(C4CCNCC4)n3)ccc12. The van der Waals surface area contributed by atoms with Gasteiger partial charge in [-0.2, -0.15) is 4.98 Å². The van der Waals surface area contributed by atoms with E-state index in [0.717, 1.165) is 54.0 Å². The van der Waals surface area contributed by atoms with Gasteiger partial charge in [-0.05, 0) is 45.0 Å². The zero-order valence-corrected chi connectivity index (χ0v) is 11.8. The number of hydrogen-bond acceptors (Lipinski definition) is 6. The van der Waals surface area contributed by atoms with Crippen LogP contribution in [0.15, 0.2) is 27.2 Å². The average molecular weight is 284 g/mol. The number of benzene rings is 1. The molecule has 0 spiro atoms. The first-order valence-electron chi connectivity index (χ1n) is 7.22. The molecule has 6 heteroatoms. The minimum Gasteiger partial charge on any atom is -0.356 e. The number of piperidine rings is 1. The van der Waals surface area contributed by atoms with E-state index in [9.17, 15) is 0 Å². The van der Waals surface area contributed by atoms with Gasteiger partial charge in [0, 0.05) is 16.9 Å². The Bertz CT molecular complexity index is 771. The topological polar surface area (TPSA) is 77.0 Å². The van der Waals surface area contributed by atoms with E-state index in [-0.39, 0.29) is 0 Å². The standard InChI is InChI=1S/C15H16N4O2/c1-9-12-3-2-11(8-13(12)20-18-9)14-17-15(21-19-14)10-4-6-16-7-5-10/h2-3,8,10,16H,4-7H2,1H3. The molecule has 3 heterocycles. The van der Waals surface area contributed by atoms with Crippen LogP contribution in [0.5, 0.6) is 0 Å². The summed E-state index contributed by atoms with van der Waals surface area (Å²) in [7, 11) is 0. The van der Waals surface area contributed by atoms with Crippen molar-refractivity contribution in [3.8, 4) is 11.4 Å². The number of hydrogen-bond donors (Lipinski definition) is 1. The van der Waals surface area contributed by atoms with Crippen molar-refractivity contribution >= 4 is 11.0 Å². The van der Waals surface area contributed by atoms with Gasteiger partial charge in [0.2, 0.25) is 11.7 Å². The molecule has 1 aliphatic rings. The Hall–Kier alpha value is -2.21. The van der Waals surface area contributed by atoms with E-state index in [1.54, 1.807) is 0 Å². The summed E-state index contributed by atoms with van der Waals surface area (Å²) >= 11 is 0. The molecule has 1 aliphatic heterocycles. The van der Waals surface area contributed by atoms with Crippen LogP contribution in [0.2, 0.25) is 0 Å². The largest absolute Gasteiger partial charge is 0.356 e. The number of fused-ring (bicyclic) bond motifs is 1. The molecule has 1 N–H and O–H groups in total. The van der Waals surface area contributed by atoms with E-state index in [2.05, 4.69) is 20.6 Å². The molecule has 3 aromatic rings. The predicted octanol–water partition coefficient (Wildman–Crippen LogP) is 2.65. The van der Waals surface area contributed by atoms with Gasteiger partial charge < -0.3 is 14.4 Å². The summed E-state index contributed by atoms with van der Waals surface area (Å²) in [6.45, 7) is 3.94. The highest BCUT2D eigenvalue weighted by Crippen LogP contribution is 2.28. The van der Waals surface area contributed by atoms with Gasteiger partial charge in [0.15, 0.2) is 5.58 Å². The third kappa shape index (κ3) is 2.21. The van der Waals surface area contributed by atoms with E-state index in [1.807, 2.05) is 25.1 Å². The van der Waals surface area contributed by atoms with Gasteiger partial charge in [-0.1, -0.05) is 16.4 Å². The Kier molecular flexibility index (Phi) is 2.96. The first-order valence-corrected chi connectivity index (χ1v) is 7.22. The van der Waals surface area contributed by atoms with Crippen LogP contribution >= 0.6 is 0 Å². The molecular weight excluding hydrogens is 268 g/mol. The van der Waals surface area contributed by atoms with Crippen LogP contribution in [0.1, 0.15) is 30.3 Å². The van der Waals surface area contributed by atoms with Crippen LogP contribution in [0.4, 0.5) is 0 Å². The van der Waals surface area contributed by atoms with Gasteiger partial charge in [0.1, 0.15) is 0 Å². The van der Waals surface area contributed by atoms with Gasteiger partial charge in [-0.3, -0.25) is 0 Å². The number of rotatable bonds is 2. The molecule has 0 aliphatic carbocycles. The molecule has 108 valence electrons. The normalized spacial score (nSPS) is 16.6. The lowest BCUT2D eigenvalue weighted by molar-refractivity contribution is 0.320. The van der Waals surface area contributed by atoms with Crippen LogP contribution in [-0.2, 0) is 0 Å². The summed E-state index contributed by atoms with van der Waals surface area (Å²) in [5.74, 6) is 1.71. The second-order valence-electron chi connectivity index (χ2n) is 5.46. The minimum absolute atomic E-state index is 0.365. The third-order valence-electron chi connectivity index (χ3n) is 4.04. The fourth-order valence-electron chi connectivity index (χ4n) is 2.79. The van der Waals surface area contributed by atoms with E-state index in [1.165, 1.54) is 0 Å². The van der Waals surface area contributed by atoms with Crippen molar-refractivity contribution in [3.63, 3.8) is 0 Å². The van der Waals surface area contributed by atoms with Crippen LogP contribution < -0.4 is 5.32 Å². The summed E-state index contributed by atoms with van der Waals surface area (Å²) in [5.41, 5.74) is 2.53. The fraction of sp³-hybridized carbons (Fsp3) is 0.400. The zero-order valence-electron chi connectivity index (χ0n) is 11.8. The van der Waals surface area contributed by atoms with Crippen LogP contribution in [-0.4, -0.2) is 28.4 Å².